The summed E-state index contributed by atoms with van der Waals surface area (Å²) in [7, 11) is 0. The molecule has 0 saturated carbocycles. The first-order valence-corrected chi connectivity index (χ1v) is 7.07. The van der Waals surface area contributed by atoms with Crippen molar-refractivity contribution < 1.29 is 14.6 Å². The average Bonchev–Trinajstić information content (AvgIpc) is 2.27. The molecule has 3 N–H and O–H groups in total. The van der Waals surface area contributed by atoms with Crippen LogP contribution >= 0.6 is 0 Å². The topological polar surface area (TPSA) is 70.6 Å². The maximum Gasteiger partial charge on any atom is 0.412 e. The molecule has 1 amide bonds. The van der Waals surface area contributed by atoms with Gasteiger partial charge in [0.05, 0.1) is 23.0 Å². The number of aliphatic hydroxyl groups is 1. The maximum absolute atomic E-state index is 11.9. The van der Waals surface area contributed by atoms with Gasteiger partial charge >= 0.3 is 6.09 Å². The lowest BCUT2D eigenvalue weighted by molar-refractivity contribution is 0.0635. The zero-order chi connectivity index (χ0) is 16.3. The van der Waals surface area contributed by atoms with Gasteiger partial charge in [0.25, 0.3) is 0 Å². The Morgan fingerprint density at radius 2 is 1.67 bits per heavy atom. The van der Waals surface area contributed by atoms with E-state index in [0.717, 1.165) is 5.69 Å². The van der Waals surface area contributed by atoms with Crippen molar-refractivity contribution in [2.45, 2.75) is 58.8 Å². The van der Waals surface area contributed by atoms with Crippen LogP contribution in [-0.4, -0.2) is 28.4 Å². The number of hydrogen-bond acceptors (Lipinski definition) is 4. The third kappa shape index (κ3) is 6.04. The van der Waals surface area contributed by atoms with Gasteiger partial charge in [0.1, 0.15) is 5.60 Å². The molecule has 0 aliphatic rings. The van der Waals surface area contributed by atoms with Crippen molar-refractivity contribution >= 4 is 17.5 Å². The Labute approximate surface area is 126 Å². The number of ether oxygens (including phenoxy) is 1. The third-order valence-corrected chi connectivity index (χ3v) is 2.99. The Kier molecular flexibility index (Phi) is 5.23. The van der Waals surface area contributed by atoms with Crippen molar-refractivity contribution in [3.63, 3.8) is 0 Å². The number of rotatable bonds is 4. The molecule has 0 saturated heterocycles. The number of carbonyl (C=O) groups excluding carboxylic acids is 1. The monoisotopic (exact) mass is 294 g/mol. The van der Waals surface area contributed by atoms with Crippen LogP contribution < -0.4 is 10.6 Å². The minimum atomic E-state index is -0.876. The fourth-order valence-corrected chi connectivity index (χ4v) is 1.54. The second-order valence-electron chi connectivity index (χ2n) is 6.69. The first-order valence-electron chi connectivity index (χ1n) is 7.07. The smallest absolute Gasteiger partial charge is 0.412 e. The Balaban J connectivity index is 2.83. The van der Waals surface area contributed by atoms with Gasteiger partial charge in [-0.1, -0.05) is 12.1 Å². The Bertz CT molecular complexity index is 487. The first kappa shape index (κ1) is 17.3. The van der Waals surface area contributed by atoms with E-state index in [1.54, 1.807) is 19.9 Å². The van der Waals surface area contributed by atoms with E-state index in [2.05, 4.69) is 10.6 Å². The predicted molar refractivity (Wildman–Crippen MR) is 85.7 cm³/mol. The normalized spacial score (nSPS) is 13.5. The summed E-state index contributed by atoms with van der Waals surface area (Å²) in [6.45, 7) is 10.8. The number of benzene rings is 1. The van der Waals surface area contributed by atoms with E-state index in [1.807, 2.05) is 45.9 Å². The highest BCUT2D eigenvalue weighted by Crippen LogP contribution is 2.24. The molecule has 0 spiro atoms. The minimum Gasteiger partial charge on any atom is -0.444 e. The third-order valence-electron chi connectivity index (χ3n) is 2.99. The molecule has 0 bridgehead atoms. The van der Waals surface area contributed by atoms with Crippen molar-refractivity contribution in [3.05, 3.63) is 24.3 Å². The molecule has 0 aromatic heterocycles. The molecule has 118 valence electrons. The number of anilines is 2. The second kappa shape index (κ2) is 6.35. The van der Waals surface area contributed by atoms with Crippen LogP contribution in [-0.2, 0) is 4.74 Å². The molecule has 1 aromatic rings. The summed E-state index contributed by atoms with van der Waals surface area (Å²) < 4.78 is 5.24. The largest absolute Gasteiger partial charge is 0.444 e. The van der Waals surface area contributed by atoms with Crippen molar-refractivity contribution in [1.29, 1.82) is 0 Å². The molecule has 0 aliphatic heterocycles. The fourth-order valence-electron chi connectivity index (χ4n) is 1.54. The van der Waals surface area contributed by atoms with E-state index in [1.165, 1.54) is 0 Å². The molecular weight excluding hydrogens is 268 g/mol. The van der Waals surface area contributed by atoms with Crippen LogP contribution in [0.4, 0.5) is 16.2 Å². The second-order valence-corrected chi connectivity index (χ2v) is 6.69. The van der Waals surface area contributed by atoms with E-state index in [4.69, 9.17) is 4.74 Å². The Morgan fingerprint density at radius 1 is 1.14 bits per heavy atom. The highest BCUT2D eigenvalue weighted by atomic mass is 16.6. The van der Waals surface area contributed by atoms with Gasteiger partial charge in [0.15, 0.2) is 0 Å². The summed E-state index contributed by atoms with van der Waals surface area (Å²) >= 11 is 0. The SMILES string of the molecule is CC(Nc1ccccc1NC(=O)OC(C)(C)C)C(C)(C)O. The average molecular weight is 294 g/mol. The predicted octanol–water partition coefficient (Wildman–Crippen LogP) is 3.60. The lowest BCUT2D eigenvalue weighted by Crippen LogP contribution is -2.39. The van der Waals surface area contributed by atoms with Crippen molar-refractivity contribution in [3.8, 4) is 0 Å². The van der Waals surface area contributed by atoms with Gasteiger partial charge in [0, 0.05) is 0 Å². The van der Waals surface area contributed by atoms with Crippen molar-refractivity contribution in [2.75, 3.05) is 10.6 Å². The molecule has 1 aromatic carbocycles. The van der Waals surface area contributed by atoms with E-state index >= 15 is 0 Å². The molecule has 1 unspecified atom stereocenters. The number of amides is 1. The molecule has 0 fully saturated rings. The zero-order valence-electron chi connectivity index (χ0n) is 13.7. The summed E-state index contributed by atoms with van der Waals surface area (Å²) in [6.07, 6.45) is -0.507. The molecule has 0 aliphatic carbocycles. The standard InChI is InChI=1S/C16H26N2O3/c1-11(16(5,6)20)17-12-9-7-8-10-13(12)18-14(19)21-15(2,3)4/h7-11,17,20H,1-6H3,(H,18,19). The number of hydrogen-bond donors (Lipinski definition) is 3. The molecular formula is C16H26N2O3. The summed E-state index contributed by atoms with van der Waals surface area (Å²) in [5.41, 5.74) is -0.0767. The number of nitrogens with one attached hydrogen (secondary N) is 2. The lowest BCUT2D eigenvalue weighted by Gasteiger charge is -2.28. The molecule has 5 heteroatoms. The first-order chi connectivity index (χ1) is 9.49. The summed E-state index contributed by atoms with van der Waals surface area (Å²) in [5, 5.41) is 15.9. The van der Waals surface area contributed by atoms with Crippen LogP contribution in [0.2, 0.25) is 0 Å². The van der Waals surface area contributed by atoms with Gasteiger partial charge in [-0.3, -0.25) is 5.32 Å². The van der Waals surface area contributed by atoms with E-state index in [9.17, 15) is 9.90 Å². The fraction of sp³-hybridized carbons (Fsp3) is 0.562. The van der Waals surface area contributed by atoms with E-state index < -0.39 is 17.3 Å². The Morgan fingerprint density at radius 3 is 2.14 bits per heavy atom. The van der Waals surface area contributed by atoms with Crippen molar-refractivity contribution in [1.82, 2.24) is 0 Å². The van der Waals surface area contributed by atoms with Crippen LogP contribution in [0.1, 0.15) is 41.5 Å². The molecule has 21 heavy (non-hydrogen) atoms. The zero-order valence-corrected chi connectivity index (χ0v) is 13.7. The highest BCUT2D eigenvalue weighted by Gasteiger charge is 2.23. The van der Waals surface area contributed by atoms with Gasteiger partial charge < -0.3 is 15.2 Å². The van der Waals surface area contributed by atoms with Crippen molar-refractivity contribution in [2.24, 2.45) is 0 Å². The maximum atomic E-state index is 11.9. The number of carbonyl (C=O) groups is 1. The van der Waals surface area contributed by atoms with Crippen LogP contribution in [0, 0.1) is 0 Å². The summed E-state index contributed by atoms with van der Waals surface area (Å²) in [6, 6.07) is 7.13. The van der Waals surface area contributed by atoms with Gasteiger partial charge in [-0.15, -0.1) is 0 Å². The summed E-state index contributed by atoms with van der Waals surface area (Å²) in [4.78, 5) is 11.9. The quantitative estimate of drug-likeness (QED) is 0.793. The van der Waals surface area contributed by atoms with E-state index in [0.29, 0.717) is 5.69 Å². The van der Waals surface area contributed by atoms with Gasteiger partial charge in [-0.05, 0) is 53.7 Å². The minimum absolute atomic E-state index is 0.181. The van der Waals surface area contributed by atoms with Crippen LogP contribution in [0.5, 0.6) is 0 Å². The summed E-state index contributed by atoms with van der Waals surface area (Å²) in [5.74, 6) is 0. The molecule has 1 rings (SSSR count). The molecule has 0 heterocycles. The lowest BCUT2D eigenvalue weighted by atomic mass is 10.0. The van der Waals surface area contributed by atoms with Gasteiger partial charge in [-0.25, -0.2) is 4.79 Å². The highest BCUT2D eigenvalue weighted by molar-refractivity contribution is 5.89. The Hall–Kier alpha value is -1.75. The van der Waals surface area contributed by atoms with Gasteiger partial charge in [0.2, 0.25) is 0 Å². The molecule has 5 nitrogen and oxygen atoms in total. The number of para-hydroxylation sites is 2. The van der Waals surface area contributed by atoms with Crippen LogP contribution in [0.3, 0.4) is 0 Å². The van der Waals surface area contributed by atoms with E-state index in [-0.39, 0.29) is 6.04 Å². The van der Waals surface area contributed by atoms with Crippen LogP contribution in [0.25, 0.3) is 0 Å². The molecule has 0 radical (unpaired) electrons. The molecule has 1 atom stereocenters. The van der Waals surface area contributed by atoms with Crippen LogP contribution in [0.15, 0.2) is 24.3 Å². The van der Waals surface area contributed by atoms with Gasteiger partial charge in [-0.2, -0.15) is 0 Å².